The van der Waals surface area contributed by atoms with E-state index in [0.717, 1.165) is 28.6 Å². The first-order chi connectivity index (χ1) is 7.26. The number of benzene rings is 1. The summed E-state index contributed by atoms with van der Waals surface area (Å²) >= 11 is 0. The highest BCUT2D eigenvalue weighted by Gasteiger charge is 2.07. The van der Waals surface area contributed by atoms with Gasteiger partial charge in [0, 0.05) is 22.2 Å². The molecule has 0 bridgehead atoms. The molecule has 0 saturated carbocycles. The topological polar surface area (TPSA) is 42.1 Å². The maximum absolute atomic E-state index is 10.9. The van der Waals surface area contributed by atoms with Crippen LogP contribution in [0.25, 0.3) is 10.9 Å². The van der Waals surface area contributed by atoms with Gasteiger partial charge < -0.3 is 9.72 Å². The number of carbonyl (C=O) groups excluding carboxylic acids is 1. The molecule has 3 nitrogen and oxygen atoms in total. The van der Waals surface area contributed by atoms with Crippen LogP contribution in [0.4, 0.5) is 0 Å². The standard InChI is InChI=1S/C12H13NO2/c1-3-15-9-4-5-12-10(6-9)11(7-14)8(2)13-12/h4-7,13H,3H2,1-2H3. The number of H-pyrrole nitrogens is 1. The molecule has 0 aliphatic carbocycles. The van der Waals surface area contributed by atoms with Gasteiger partial charge in [0.2, 0.25) is 0 Å². The molecule has 2 aromatic rings. The van der Waals surface area contributed by atoms with Gasteiger partial charge in [-0.15, -0.1) is 0 Å². The maximum atomic E-state index is 10.9. The second kappa shape index (κ2) is 3.77. The van der Waals surface area contributed by atoms with Gasteiger partial charge in [0.05, 0.1) is 6.61 Å². The Morgan fingerprint density at radius 1 is 1.47 bits per heavy atom. The Bertz CT molecular complexity index is 500. The van der Waals surface area contributed by atoms with Gasteiger partial charge in [-0.25, -0.2) is 0 Å². The van der Waals surface area contributed by atoms with E-state index in [2.05, 4.69) is 4.98 Å². The molecule has 15 heavy (non-hydrogen) atoms. The van der Waals surface area contributed by atoms with Gasteiger partial charge in [-0.1, -0.05) is 0 Å². The van der Waals surface area contributed by atoms with Gasteiger partial charge in [0.25, 0.3) is 0 Å². The lowest BCUT2D eigenvalue weighted by atomic mass is 10.1. The zero-order valence-electron chi connectivity index (χ0n) is 8.83. The van der Waals surface area contributed by atoms with Crippen molar-refractivity contribution in [1.29, 1.82) is 0 Å². The molecule has 3 heteroatoms. The highest BCUT2D eigenvalue weighted by Crippen LogP contribution is 2.25. The molecule has 1 aromatic carbocycles. The summed E-state index contributed by atoms with van der Waals surface area (Å²) in [5.74, 6) is 0.798. The van der Waals surface area contributed by atoms with E-state index in [1.165, 1.54) is 0 Å². The second-order valence-corrected chi connectivity index (χ2v) is 3.42. The third-order valence-corrected chi connectivity index (χ3v) is 2.44. The molecule has 78 valence electrons. The fraction of sp³-hybridized carbons (Fsp3) is 0.250. The number of hydrogen-bond donors (Lipinski definition) is 1. The van der Waals surface area contributed by atoms with Crippen LogP contribution in [-0.4, -0.2) is 17.9 Å². The molecule has 0 amide bonds. The average Bonchev–Trinajstić information content (AvgIpc) is 2.53. The maximum Gasteiger partial charge on any atom is 0.152 e. The van der Waals surface area contributed by atoms with Crippen LogP contribution in [0.1, 0.15) is 23.0 Å². The van der Waals surface area contributed by atoms with E-state index in [1.54, 1.807) is 0 Å². The minimum atomic E-state index is 0.630. The van der Waals surface area contributed by atoms with Gasteiger partial charge in [0.1, 0.15) is 5.75 Å². The molecule has 0 aliphatic heterocycles. The largest absolute Gasteiger partial charge is 0.494 e. The highest BCUT2D eigenvalue weighted by molar-refractivity contribution is 5.99. The van der Waals surface area contributed by atoms with Crippen LogP contribution in [0.5, 0.6) is 5.75 Å². The Morgan fingerprint density at radius 3 is 2.93 bits per heavy atom. The first kappa shape index (κ1) is 9.77. The Morgan fingerprint density at radius 2 is 2.27 bits per heavy atom. The molecule has 1 N–H and O–H groups in total. The Kier molecular flexibility index (Phi) is 2.46. The molecule has 0 saturated heterocycles. The van der Waals surface area contributed by atoms with Gasteiger partial charge in [-0.2, -0.15) is 0 Å². The van der Waals surface area contributed by atoms with E-state index in [4.69, 9.17) is 4.74 Å². The van der Waals surface area contributed by atoms with Crippen LogP contribution >= 0.6 is 0 Å². The molecule has 1 aromatic heterocycles. The van der Waals surface area contributed by atoms with Gasteiger partial charge in [-0.3, -0.25) is 4.79 Å². The van der Waals surface area contributed by atoms with Gasteiger partial charge >= 0.3 is 0 Å². The zero-order valence-corrected chi connectivity index (χ0v) is 8.83. The molecule has 1 heterocycles. The summed E-state index contributed by atoms with van der Waals surface area (Å²) in [4.78, 5) is 14.1. The first-order valence-electron chi connectivity index (χ1n) is 4.96. The van der Waals surface area contributed by atoms with Gasteiger partial charge in [0.15, 0.2) is 6.29 Å². The van der Waals surface area contributed by atoms with E-state index >= 15 is 0 Å². The van der Waals surface area contributed by atoms with Crippen LogP contribution in [0, 0.1) is 6.92 Å². The number of carbonyl (C=O) groups is 1. The summed E-state index contributed by atoms with van der Waals surface area (Å²) < 4.78 is 5.39. The summed E-state index contributed by atoms with van der Waals surface area (Å²) in [7, 11) is 0. The molecular formula is C12H13NO2. The minimum absolute atomic E-state index is 0.630. The summed E-state index contributed by atoms with van der Waals surface area (Å²) in [6.45, 7) is 4.46. The molecule has 0 radical (unpaired) electrons. The van der Waals surface area contributed by atoms with Crippen LogP contribution in [0.15, 0.2) is 18.2 Å². The first-order valence-corrected chi connectivity index (χ1v) is 4.96. The lowest BCUT2D eigenvalue weighted by Crippen LogP contribution is -1.90. The van der Waals surface area contributed by atoms with Crippen molar-refractivity contribution in [2.45, 2.75) is 13.8 Å². The van der Waals surface area contributed by atoms with Crippen molar-refractivity contribution in [2.24, 2.45) is 0 Å². The number of aryl methyl sites for hydroxylation is 1. The lowest BCUT2D eigenvalue weighted by molar-refractivity contribution is 0.112. The molecule has 0 aliphatic rings. The second-order valence-electron chi connectivity index (χ2n) is 3.42. The number of aromatic amines is 1. The number of ether oxygens (including phenoxy) is 1. The van der Waals surface area contributed by atoms with E-state index in [-0.39, 0.29) is 0 Å². The number of aldehydes is 1. The van der Waals surface area contributed by atoms with E-state index < -0.39 is 0 Å². The van der Waals surface area contributed by atoms with E-state index in [9.17, 15) is 4.79 Å². The number of hydrogen-bond acceptors (Lipinski definition) is 2. The molecule has 0 unspecified atom stereocenters. The van der Waals surface area contributed by atoms with Crippen LogP contribution in [0.2, 0.25) is 0 Å². The fourth-order valence-corrected chi connectivity index (χ4v) is 1.73. The highest BCUT2D eigenvalue weighted by atomic mass is 16.5. The Balaban J connectivity index is 2.62. The summed E-state index contributed by atoms with van der Waals surface area (Å²) in [5, 5.41) is 0.924. The smallest absolute Gasteiger partial charge is 0.152 e. The van der Waals surface area contributed by atoms with Crippen molar-refractivity contribution in [3.05, 3.63) is 29.5 Å². The SMILES string of the molecule is CCOc1ccc2[nH]c(C)c(C=O)c2c1. The Hall–Kier alpha value is -1.77. The van der Waals surface area contributed by atoms with Gasteiger partial charge in [-0.05, 0) is 32.0 Å². The van der Waals surface area contributed by atoms with E-state index in [0.29, 0.717) is 12.2 Å². The predicted molar refractivity (Wildman–Crippen MR) is 59.6 cm³/mol. The summed E-state index contributed by atoms with van der Waals surface area (Å²) in [6, 6.07) is 5.72. The number of nitrogens with one attached hydrogen (secondary N) is 1. The predicted octanol–water partition coefficient (Wildman–Crippen LogP) is 2.69. The molecule has 0 fully saturated rings. The number of rotatable bonds is 3. The van der Waals surface area contributed by atoms with Crippen molar-refractivity contribution >= 4 is 17.2 Å². The quantitative estimate of drug-likeness (QED) is 0.779. The normalized spacial score (nSPS) is 10.5. The number of fused-ring (bicyclic) bond motifs is 1. The molecular weight excluding hydrogens is 190 g/mol. The molecule has 0 spiro atoms. The zero-order chi connectivity index (χ0) is 10.8. The van der Waals surface area contributed by atoms with Crippen LogP contribution < -0.4 is 4.74 Å². The van der Waals surface area contributed by atoms with Crippen molar-refractivity contribution in [2.75, 3.05) is 6.61 Å². The number of aromatic nitrogens is 1. The summed E-state index contributed by atoms with van der Waals surface area (Å²) in [5.41, 5.74) is 2.58. The average molecular weight is 203 g/mol. The lowest BCUT2D eigenvalue weighted by Gasteiger charge is -2.02. The van der Waals surface area contributed by atoms with E-state index in [1.807, 2.05) is 32.0 Å². The van der Waals surface area contributed by atoms with Crippen LogP contribution in [0.3, 0.4) is 0 Å². The third-order valence-electron chi connectivity index (χ3n) is 2.44. The van der Waals surface area contributed by atoms with Crippen LogP contribution in [-0.2, 0) is 0 Å². The minimum Gasteiger partial charge on any atom is -0.494 e. The van der Waals surface area contributed by atoms with Crippen molar-refractivity contribution in [1.82, 2.24) is 4.98 Å². The Labute approximate surface area is 88.1 Å². The van der Waals surface area contributed by atoms with Crippen molar-refractivity contribution < 1.29 is 9.53 Å². The van der Waals surface area contributed by atoms with Crippen molar-refractivity contribution in [3.63, 3.8) is 0 Å². The summed E-state index contributed by atoms with van der Waals surface area (Å²) in [6.07, 6.45) is 0.879. The molecule has 0 atom stereocenters. The monoisotopic (exact) mass is 203 g/mol. The third kappa shape index (κ3) is 1.61. The van der Waals surface area contributed by atoms with Crippen molar-refractivity contribution in [3.8, 4) is 5.75 Å². The molecule has 2 rings (SSSR count). The fourth-order valence-electron chi connectivity index (χ4n) is 1.73.